The van der Waals surface area contributed by atoms with Crippen molar-refractivity contribution in [2.45, 2.75) is 32.7 Å². The summed E-state index contributed by atoms with van der Waals surface area (Å²) in [5, 5.41) is 16.1. The van der Waals surface area contributed by atoms with Gasteiger partial charge in [0, 0.05) is 17.8 Å². The summed E-state index contributed by atoms with van der Waals surface area (Å²) in [6, 6.07) is 8.75. The van der Waals surface area contributed by atoms with E-state index in [2.05, 4.69) is 29.5 Å². The van der Waals surface area contributed by atoms with E-state index in [9.17, 15) is 9.90 Å². The lowest BCUT2D eigenvalue weighted by atomic mass is 10.1. The second-order valence-corrected chi connectivity index (χ2v) is 6.55. The molecule has 2 amide bonds. The maximum atomic E-state index is 12.0. The van der Waals surface area contributed by atoms with Crippen molar-refractivity contribution in [2.24, 2.45) is 0 Å². The van der Waals surface area contributed by atoms with Crippen molar-refractivity contribution in [3.63, 3.8) is 0 Å². The molecule has 1 aromatic carbocycles. The highest BCUT2D eigenvalue weighted by Crippen LogP contribution is 2.18. The zero-order valence-corrected chi connectivity index (χ0v) is 14.3. The average molecular weight is 333 g/mol. The van der Waals surface area contributed by atoms with Gasteiger partial charge in [-0.1, -0.05) is 37.3 Å². The number of aromatic nitrogens is 1. The molecule has 5 nitrogen and oxygen atoms in total. The summed E-state index contributed by atoms with van der Waals surface area (Å²) in [4.78, 5) is 17.8. The van der Waals surface area contributed by atoms with Gasteiger partial charge in [-0.15, -0.1) is 11.3 Å². The Morgan fingerprint density at radius 2 is 2.09 bits per heavy atom. The van der Waals surface area contributed by atoms with Crippen LogP contribution in [-0.2, 0) is 12.8 Å². The number of rotatable bonds is 7. The number of aliphatic hydroxyl groups excluding tert-OH is 1. The van der Waals surface area contributed by atoms with E-state index in [0.29, 0.717) is 13.0 Å². The van der Waals surface area contributed by atoms with E-state index < -0.39 is 6.04 Å². The molecule has 1 heterocycles. The summed E-state index contributed by atoms with van der Waals surface area (Å²) in [5.41, 5.74) is 2.02. The van der Waals surface area contributed by atoms with E-state index in [1.54, 1.807) is 11.3 Å². The van der Waals surface area contributed by atoms with Crippen molar-refractivity contribution in [1.29, 1.82) is 0 Å². The number of nitrogens with one attached hydrogen (secondary N) is 2. The number of nitrogens with zero attached hydrogens (tertiary/aromatic N) is 1. The highest BCUT2D eigenvalue weighted by atomic mass is 32.1. The molecule has 0 fully saturated rings. The molecule has 0 saturated heterocycles. The first-order valence-electron chi connectivity index (χ1n) is 7.79. The lowest BCUT2D eigenvalue weighted by molar-refractivity contribution is 0.217. The second-order valence-electron chi connectivity index (χ2n) is 5.26. The van der Waals surface area contributed by atoms with E-state index in [0.717, 1.165) is 22.7 Å². The monoisotopic (exact) mass is 333 g/mol. The van der Waals surface area contributed by atoms with Crippen LogP contribution in [0.3, 0.4) is 0 Å². The third kappa shape index (κ3) is 5.04. The highest BCUT2D eigenvalue weighted by molar-refractivity contribution is 7.11. The van der Waals surface area contributed by atoms with Crippen molar-refractivity contribution in [3.8, 4) is 0 Å². The molecule has 3 N–H and O–H groups in total. The minimum Gasteiger partial charge on any atom is -0.394 e. The third-order valence-corrected chi connectivity index (χ3v) is 4.66. The number of thiazole rings is 1. The predicted molar refractivity (Wildman–Crippen MR) is 92.7 cm³/mol. The van der Waals surface area contributed by atoms with Crippen molar-refractivity contribution in [3.05, 3.63) is 51.5 Å². The van der Waals surface area contributed by atoms with Crippen LogP contribution in [-0.4, -0.2) is 29.3 Å². The molecule has 0 radical (unpaired) electrons. The maximum Gasteiger partial charge on any atom is 0.315 e. The quantitative estimate of drug-likeness (QED) is 0.729. The number of urea groups is 1. The van der Waals surface area contributed by atoms with Gasteiger partial charge in [0.15, 0.2) is 0 Å². The first-order chi connectivity index (χ1) is 11.1. The molecule has 0 aliphatic heterocycles. The number of aryl methyl sites for hydroxylation is 2. The molecule has 2 rings (SSSR count). The molecule has 0 aliphatic carbocycles. The molecule has 124 valence electrons. The van der Waals surface area contributed by atoms with Crippen molar-refractivity contribution in [2.75, 3.05) is 13.2 Å². The Kier molecular flexibility index (Phi) is 6.55. The van der Waals surface area contributed by atoms with Gasteiger partial charge in [-0.05, 0) is 18.9 Å². The van der Waals surface area contributed by atoms with Crippen molar-refractivity contribution >= 4 is 17.4 Å². The molecule has 23 heavy (non-hydrogen) atoms. The molecular weight excluding hydrogens is 310 g/mol. The van der Waals surface area contributed by atoms with Crippen LogP contribution in [0, 0.1) is 6.92 Å². The summed E-state index contributed by atoms with van der Waals surface area (Å²) in [7, 11) is 0. The van der Waals surface area contributed by atoms with Gasteiger partial charge < -0.3 is 15.7 Å². The molecule has 2 aromatic rings. The van der Waals surface area contributed by atoms with E-state index >= 15 is 0 Å². The van der Waals surface area contributed by atoms with Gasteiger partial charge in [0.05, 0.1) is 23.4 Å². The Balaban J connectivity index is 1.80. The summed E-state index contributed by atoms with van der Waals surface area (Å²) >= 11 is 1.68. The second kappa shape index (κ2) is 8.64. The van der Waals surface area contributed by atoms with E-state index in [4.69, 9.17) is 0 Å². The van der Waals surface area contributed by atoms with Crippen LogP contribution < -0.4 is 10.6 Å². The Labute approximate surface area is 140 Å². The summed E-state index contributed by atoms with van der Waals surface area (Å²) in [6.45, 7) is 4.56. The van der Waals surface area contributed by atoms with Crippen molar-refractivity contribution < 1.29 is 9.90 Å². The zero-order chi connectivity index (χ0) is 16.7. The Bertz CT molecular complexity index is 628. The third-order valence-electron chi connectivity index (χ3n) is 3.59. The van der Waals surface area contributed by atoms with Gasteiger partial charge in [0.2, 0.25) is 0 Å². The lowest BCUT2D eigenvalue weighted by Crippen LogP contribution is -2.40. The molecule has 1 aromatic heterocycles. The van der Waals surface area contributed by atoms with Crippen LogP contribution in [0.5, 0.6) is 0 Å². The molecule has 0 aliphatic rings. The molecule has 1 unspecified atom stereocenters. The van der Waals surface area contributed by atoms with Crippen LogP contribution in [0.1, 0.15) is 34.1 Å². The fourth-order valence-corrected chi connectivity index (χ4v) is 3.36. The minimum atomic E-state index is -0.398. The summed E-state index contributed by atoms with van der Waals surface area (Å²) in [6.07, 6.45) is 1.65. The van der Waals surface area contributed by atoms with Crippen LogP contribution in [0.25, 0.3) is 0 Å². The maximum absolute atomic E-state index is 12.0. The molecule has 1 atom stereocenters. The Morgan fingerprint density at radius 3 is 2.70 bits per heavy atom. The molecule has 0 bridgehead atoms. The first kappa shape index (κ1) is 17.4. The van der Waals surface area contributed by atoms with Crippen LogP contribution in [0.4, 0.5) is 4.79 Å². The van der Waals surface area contributed by atoms with Gasteiger partial charge in [-0.3, -0.25) is 0 Å². The minimum absolute atomic E-state index is 0.136. The number of carbonyl (C=O) groups excluding carboxylic acids is 1. The average Bonchev–Trinajstić information content (AvgIpc) is 2.93. The molecular formula is C17H23N3O2S. The number of carbonyl (C=O) groups is 1. The van der Waals surface area contributed by atoms with Crippen LogP contribution in [0.2, 0.25) is 0 Å². The smallest absolute Gasteiger partial charge is 0.315 e. The number of amides is 2. The standard InChI is InChI=1S/C17H23N3O2S/c1-3-14-12(2)23-16(19-14)9-10-18-17(22)20-15(11-21)13-7-5-4-6-8-13/h4-8,15,21H,3,9-11H2,1-2H3,(H2,18,20,22). The fourth-order valence-electron chi connectivity index (χ4n) is 2.33. The van der Waals surface area contributed by atoms with E-state index in [-0.39, 0.29) is 12.6 Å². The normalized spacial score (nSPS) is 12.0. The molecule has 0 spiro atoms. The van der Waals surface area contributed by atoms with Gasteiger partial charge in [0.25, 0.3) is 0 Å². The topological polar surface area (TPSA) is 74.2 Å². The number of hydrogen-bond donors (Lipinski definition) is 3. The van der Waals surface area contributed by atoms with Gasteiger partial charge in [-0.25, -0.2) is 9.78 Å². The number of aliphatic hydroxyl groups is 1. The first-order valence-corrected chi connectivity index (χ1v) is 8.61. The lowest BCUT2D eigenvalue weighted by Gasteiger charge is -2.17. The Morgan fingerprint density at radius 1 is 1.35 bits per heavy atom. The number of benzene rings is 1. The SMILES string of the molecule is CCc1nc(CCNC(=O)NC(CO)c2ccccc2)sc1C. The molecule has 6 heteroatoms. The van der Waals surface area contributed by atoms with Gasteiger partial charge >= 0.3 is 6.03 Å². The van der Waals surface area contributed by atoms with Crippen molar-refractivity contribution in [1.82, 2.24) is 15.6 Å². The van der Waals surface area contributed by atoms with Gasteiger partial charge in [0.1, 0.15) is 0 Å². The fraction of sp³-hybridized carbons (Fsp3) is 0.412. The molecule has 0 saturated carbocycles. The van der Waals surface area contributed by atoms with E-state index in [1.807, 2.05) is 30.3 Å². The predicted octanol–water partition coefficient (Wildman–Crippen LogP) is 2.59. The summed E-state index contributed by atoms with van der Waals surface area (Å²) < 4.78 is 0. The largest absolute Gasteiger partial charge is 0.394 e. The Hall–Kier alpha value is -1.92. The summed E-state index contributed by atoms with van der Waals surface area (Å²) in [5.74, 6) is 0. The number of hydrogen-bond acceptors (Lipinski definition) is 4. The zero-order valence-electron chi connectivity index (χ0n) is 13.5. The van der Waals surface area contributed by atoms with Gasteiger partial charge in [-0.2, -0.15) is 0 Å². The highest BCUT2D eigenvalue weighted by Gasteiger charge is 2.13. The van der Waals surface area contributed by atoms with Crippen LogP contribution >= 0.6 is 11.3 Å². The van der Waals surface area contributed by atoms with E-state index in [1.165, 1.54) is 4.88 Å². The van der Waals surface area contributed by atoms with Crippen LogP contribution in [0.15, 0.2) is 30.3 Å².